The molecule has 0 unspecified atom stereocenters. The van der Waals surface area contributed by atoms with Gasteiger partial charge >= 0.3 is 0 Å². The first-order valence-corrected chi connectivity index (χ1v) is 12.7. The zero-order valence-corrected chi connectivity index (χ0v) is 21.6. The molecule has 2 aliphatic heterocycles. The number of carbonyl (C=O) groups excluding carboxylic acids is 3. The van der Waals surface area contributed by atoms with Gasteiger partial charge in [0.2, 0.25) is 6.79 Å². The van der Waals surface area contributed by atoms with Crippen LogP contribution in [-0.4, -0.2) is 37.6 Å². The molecule has 0 fully saturated rings. The Balaban J connectivity index is 1.12. The quantitative estimate of drug-likeness (QED) is 0.303. The van der Waals surface area contributed by atoms with Crippen molar-refractivity contribution < 1.29 is 42.1 Å². The highest BCUT2D eigenvalue weighted by Gasteiger charge is 2.28. The predicted molar refractivity (Wildman–Crippen MR) is 142 cm³/mol. The van der Waals surface area contributed by atoms with Crippen molar-refractivity contribution in [3.63, 3.8) is 0 Å². The number of Topliss-reactive ketones (excluding diaryl/α,β-unsaturated/α-hetero) is 1. The van der Waals surface area contributed by atoms with Gasteiger partial charge in [-0.15, -0.1) is 0 Å². The first-order valence-electron chi connectivity index (χ1n) is 12.7. The largest absolute Gasteiger partial charge is 0.482 e. The molecule has 6 rings (SSSR count). The van der Waals surface area contributed by atoms with Crippen LogP contribution in [0.1, 0.15) is 32.2 Å². The second-order valence-electron chi connectivity index (χ2n) is 9.23. The molecule has 0 saturated carbocycles. The number of fused-ring (bicyclic) bond motifs is 2. The standard InChI is InChI=1S/C30H23FN2O8/c31-21-3-1-2-4-24(21)37-15-23(34)19-6-9-25-22(12-19)33(29(35)16-38-25)14-20-7-10-27(41-20)30(36)32-13-18-5-8-26-28(11-18)40-17-39-26/h1-12H,13-17H2,(H,32,36). The molecular formula is C30H23FN2O8. The Bertz CT molecular complexity index is 1650. The smallest absolute Gasteiger partial charge is 0.287 e. The van der Waals surface area contributed by atoms with Crippen LogP contribution < -0.4 is 29.2 Å². The third-order valence-corrected chi connectivity index (χ3v) is 6.51. The number of ether oxygens (including phenoxy) is 4. The molecule has 4 aromatic rings. The monoisotopic (exact) mass is 558 g/mol. The van der Waals surface area contributed by atoms with Crippen molar-refractivity contribution in [3.05, 3.63) is 101 Å². The second-order valence-corrected chi connectivity index (χ2v) is 9.23. The number of nitrogens with zero attached hydrogens (tertiary/aromatic N) is 1. The van der Waals surface area contributed by atoms with Gasteiger partial charge in [0.15, 0.2) is 47.8 Å². The lowest BCUT2D eigenvalue weighted by Crippen LogP contribution is -2.38. The maximum atomic E-state index is 13.8. The van der Waals surface area contributed by atoms with Gasteiger partial charge in [-0.25, -0.2) is 4.39 Å². The average Bonchev–Trinajstić information content (AvgIpc) is 3.66. The number of ketones is 1. The first-order chi connectivity index (χ1) is 19.9. The summed E-state index contributed by atoms with van der Waals surface area (Å²) in [5.74, 6) is 0.327. The molecule has 3 heterocycles. The minimum absolute atomic E-state index is 0.00794. The molecule has 0 atom stereocenters. The van der Waals surface area contributed by atoms with Gasteiger partial charge in [0.1, 0.15) is 11.5 Å². The number of amides is 2. The number of para-hydroxylation sites is 1. The average molecular weight is 559 g/mol. The Labute approximate surface area is 233 Å². The SMILES string of the molecule is O=C(COc1ccccc1F)c1ccc2c(c1)N(Cc1ccc(C(=O)NCc3ccc4c(c3)OCO4)o1)C(=O)CO2. The van der Waals surface area contributed by atoms with Crippen molar-refractivity contribution in [3.8, 4) is 23.0 Å². The highest BCUT2D eigenvalue weighted by atomic mass is 19.1. The summed E-state index contributed by atoms with van der Waals surface area (Å²) in [6.07, 6.45) is 0. The van der Waals surface area contributed by atoms with E-state index in [2.05, 4.69) is 5.32 Å². The summed E-state index contributed by atoms with van der Waals surface area (Å²) in [4.78, 5) is 39.7. The van der Waals surface area contributed by atoms with Crippen LogP contribution in [0.4, 0.5) is 10.1 Å². The van der Waals surface area contributed by atoms with Crippen LogP contribution >= 0.6 is 0 Å². The van der Waals surface area contributed by atoms with E-state index in [1.54, 1.807) is 36.4 Å². The van der Waals surface area contributed by atoms with E-state index >= 15 is 0 Å². The molecular weight excluding hydrogens is 535 g/mol. The number of furan rings is 1. The minimum atomic E-state index is -0.574. The van der Waals surface area contributed by atoms with E-state index in [0.29, 0.717) is 28.7 Å². The van der Waals surface area contributed by atoms with Crippen LogP contribution in [0.3, 0.4) is 0 Å². The maximum absolute atomic E-state index is 13.8. The summed E-state index contributed by atoms with van der Waals surface area (Å²) >= 11 is 0. The fraction of sp³-hybridized carbons (Fsp3) is 0.167. The van der Waals surface area contributed by atoms with Crippen molar-refractivity contribution in [2.75, 3.05) is 24.9 Å². The number of anilines is 1. The van der Waals surface area contributed by atoms with E-state index < -0.39 is 24.1 Å². The molecule has 3 aromatic carbocycles. The third-order valence-electron chi connectivity index (χ3n) is 6.51. The molecule has 0 bridgehead atoms. The number of hydrogen-bond donors (Lipinski definition) is 1. The highest BCUT2D eigenvalue weighted by Crippen LogP contribution is 2.35. The summed E-state index contributed by atoms with van der Waals surface area (Å²) in [5, 5.41) is 2.79. The van der Waals surface area contributed by atoms with E-state index in [9.17, 15) is 18.8 Å². The molecule has 1 aromatic heterocycles. The van der Waals surface area contributed by atoms with Crippen LogP contribution in [0.5, 0.6) is 23.0 Å². The Kier molecular flexibility index (Phi) is 6.99. The van der Waals surface area contributed by atoms with Crippen LogP contribution in [0, 0.1) is 5.82 Å². The van der Waals surface area contributed by atoms with Gasteiger partial charge in [0.25, 0.3) is 11.8 Å². The molecule has 11 heteroatoms. The number of halogens is 1. The molecule has 208 valence electrons. The zero-order chi connectivity index (χ0) is 28.3. The first kappa shape index (κ1) is 25.9. The molecule has 0 radical (unpaired) electrons. The molecule has 0 saturated heterocycles. The van der Waals surface area contributed by atoms with Crippen LogP contribution in [0.25, 0.3) is 0 Å². The van der Waals surface area contributed by atoms with Crippen molar-refractivity contribution in [1.82, 2.24) is 5.32 Å². The van der Waals surface area contributed by atoms with Gasteiger partial charge in [-0.2, -0.15) is 0 Å². The number of rotatable bonds is 9. The summed E-state index contributed by atoms with van der Waals surface area (Å²) in [7, 11) is 0. The zero-order valence-electron chi connectivity index (χ0n) is 21.6. The highest BCUT2D eigenvalue weighted by molar-refractivity contribution is 6.02. The normalized spacial score (nSPS) is 13.4. The molecule has 10 nitrogen and oxygen atoms in total. The van der Waals surface area contributed by atoms with Crippen LogP contribution in [0.15, 0.2) is 77.2 Å². The molecule has 2 amide bonds. The lowest BCUT2D eigenvalue weighted by molar-refractivity contribution is -0.121. The van der Waals surface area contributed by atoms with Gasteiger partial charge in [-0.05, 0) is 60.2 Å². The molecule has 1 N–H and O–H groups in total. The Morgan fingerprint density at radius 2 is 1.76 bits per heavy atom. The summed E-state index contributed by atoms with van der Waals surface area (Å²) in [6.45, 7) is -0.165. The molecule has 2 aliphatic rings. The van der Waals surface area contributed by atoms with Crippen molar-refractivity contribution in [1.29, 1.82) is 0 Å². The van der Waals surface area contributed by atoms with Gasteiger partial charge in [0.05, 0.1) is 12.2 Å². The molecule has 41 heavy (non-hydrogen) atoms. The Morgan fingerprint density at radius 1 is 0.927 bits per heavy atom. The Morgan fingerprint density at radius 3 is 2.63 bits per heavy atom. The lowest BCUT2D eigenvalue weighted by Gasteiger charge is -2.29. The van der Waals surface area contributed by atoms with Gasteiger partial charge in [0, 0.05) is 12.1 Å². The fourth-order valence-corrected chi connectivity index (χ4v) is 4.40. The molecule has 0 spiro atoms. The van der Waals surface area contributed by atoms with Gasteiger partial charge in [-0.3, -0.25) is 19.3 Å². The van der Waals surface area contributed by atoms with Crippen LogP contribution in [0.2, 0.25) is 0 Å². The van der Waals surface area contributed by atoms with E-state index in [4.69, 9.17) is 23.4 Å². The minimum Gasteiger partial charge on any atom is -0.482 e. The summed E-state index contributed by atoms with van der Waals surface area (Å²) < 4.78 is 41.1. The van der Waals surface area contributed by atoms with E-state index in [-0.39, 0.29) is 49.5 Å². The maximum Gasteiger partial charge on any atom is 0.287 e. The van der Waals surface area contributed by atoms with E-state index in [1.807, 2.05) is 6.07 Å². The van der Waals surface area contributed by atoms with Crippen molar-refractivity contribution >= 4 is 23.3 Å². The summed E-state index contributed by atoms with van der Waals surface area (Å²) in [6, 6.07) is 19.0. The van der Waals surface area contributed by atoms with Gasteiger partial charge in [-0.1, -0.05) is 18.2 Å². The Hall–Kier alpha value is -5.32. The number of benzene rings is 3. The number of nitrogens with one attached hydrogen (secondary N) is 1. The van der Waals surface area contributed by atoms with Crippen molar-refractivity contribution in [2.24, 2.45) is 0 Å². The predicted octanol–water partition coefficient (Wildman–Crippen LogP) is 4.26. The van der Waals surface area contributed by atoms with Crippen molar-refractivity contribution in [2.45, 2.75) is 13.1 Å². The topological polar surface area (TPSA) is 117 Å². The third kappa shape index (κ3) is 5.55. The summed E-state index contributed by atoms with van der Waals surface area (Å²) in [5.41, 5.74) is 1.45. The second kappa shape index (κ2) is 11.0. The van der Waals surface area contributed by atoms with E-state index in [1.165, 1.54) is 35.2 Å². The van der Waals surface area contributed by atoms with Crippen LogP contribution in [-0.2, 0) is 17.9 Å². The number of carbonyl (C=O) groups is 3. The number of hydrogen-bond acceptors (Lipinski definition) is 8. The van der Waals surface area contributed by atoms with E-state index in [0.717, 1.165) is 5.56 Å². The van der Waals surface area contributed by atoms with Gasteiger partial charge < -0.3 is 28.7 Å². The lowest BCUT2D eigenvalue weighted by atomic mass is 10.1. The fourth-order valence-electron chi connectivity index (χ4n) is 4.40. The molecule has 0 aliphatic carbocycles.